The normalized spacial score (nSPS) is 15.7. The van der Waals surface area contributed by atoms with E-state index in [1.54, 1.807) is 0 Å². The van der Waals surface area contributed by atoms with Gasteiger partial charge in [0.15, 0.2) is 0 Å². The van der Waals surface area contributed by atoms with Crippen LogP contribution < -0.4 is 0 Å². The number of rotatable bonds is 5. The number of hydrogen-bond acceptors (Lipinski definition) is 3. The Morgan fingerprint density at radius 2 is 2.05 bits per heavy atom. The molecule has 1 aromatic carbocycles. The zero-order valence-electron chi connectivity index (χ0n) is 10.4. The van der Waals surface area contributed by atoms with Gasteiger partial charge >= 0.3 is 6.18 Å². The van der Waals surface area contributed by atoms with Crippen LogP contribution >= 0.6 is 11.6 Å². The van der Waals surface area contributed by atoms with Gasteiger partial charge < -0.3 is 0 Å². The number of nitro benzene ring substituents is 1. The molecule has 0 amide bonds. The third kappa shape index (κ3) is 4.08. The van der Waals surface area contributed by atoms with Gasteiger partial charge in [-0.3, -0.25) is 15.0 Å². The first-order valence-electron chi connectivity index (χ1n) is 6.00. The maximum Gasteiger partial charge on any atom is 0.401 e. The van der Waals surface area contributed by atoms with E-state index in [1.165, 1.54) is 23.1 Å². The van der Waals surface area contributed by atoms with Crippen LogP contribution in [0.4, 0.5) is 18.9 Å². The molecule has 110 valence electrons. The Morgan fingerprint density at radius 3 is 2.55 bits per heavy atom. The molecule has 0 N–H and O–H groups in total. The van der Waals surface area contributed by atoms with Crippen molar-refractivity contribution >= 4 is 17.3 Å². The average Bonchev–Trinajstić information content (AvgIpc) is 3.12. The molecule has 1 aliphatic carbocycles. The van der Waals surface area contributed by atoms with Crippen molar-refractivity contribution in [1.29, 1.82) is 0 Å². The molecule has 0 spiro atoms. The van der Waals surface area contributed by atoms with E-state index in [-0.39, 0.29) is 23.3 Å². The topological polar surface area (TPSA) is 46.4 Å². The van der Waals surface area contributed by atoms with Gasteiger partial charge in [0, 0.05) is 29.7 Å². The highest BCUT2D eigenvalue weighted by atomic mass is 35.5. The van der Waals surface area contributed by atoms with E-state index in [1.807, 2.05) is 0 Å². The zero-order valence-corrected chi connectivity index (χ0v) is 11.1. The summed E-state index contributed by atoms with van der Waals surface area (Å²) in [4.78, 5) is 11.4. The summed E-state index contributed by atoms with van der Waals surface area (Å²) in [6, 6.07) is 3.69. The molecule has 0 heterocycles. The summed E-state index contributed by atoms with van der Waals surface area (Å²) in [5.41, 5.74) is 0.171. The first-order valence-corrected chi connectivity index (χ1v) is 6.37. The number of benzene rings is 1. The summed E-state index contributed by atoms with van der Waals surface area (Å²) in [6.45, 7) is -1.07. The lowest BCUT2D eigenvalue weighted by molar-refractivity contribution is -0.384. The van der Waals surface area contributed by atoms with Gasteiger partial charge in [0.25, 0.3) is 5.69 Å². The Bertz CT molecular complexity index is 518. The van der Waals surface area contributed by atoms with Crippen molar-refractivity contribution in [3.8, 4) is 0 Å². The molecule has 0 unspecified atom stereocenters. The Kier molecular flexibility index (Phi) is 4.19. The number of non-ortho nitro benzene ring substituents is 1. The largest absolute Gasteiger partial charge is 0.401 e. The van der Waals surface area contributed by atoms with Gasteiger partial charge in [-0.25, -0.2) is 0 Å². The van der Waals surface area contributed by atoms with Crippen LogP contribution in [-0.2, 0) is 6.54 Å². The second kappa shape index (κ2) is 5.57. The third-order valence-electron chi connectivity index (χ3n) is 3.06. The molecule has 1 fully saturated rings. The van der Waals surface area contributed by atoms with Gasteiger partial charge in [-0.15, -0.1) is 0 Å². The molecule has 1 saturated carbocycles. The first-order chi connectivity index (χ1) is 9.26. The molecule has 0 atom stereocenters. The summed E-state index contributed by atoms with van der Waals surface area (Å²) in [5.74, 6) is 0. The third-order valence-corrected chi connectivity index (χ3v) is 3.43. The summed E-state index contributed by atoms with van der Waals surface area (Å²) in [5, 5.41) is 10.9. The predicted molar refractivity (Wildman–Crippen MR) is 67.6 cm³/mol. The number of hydrogen-bond donors (Lipinski definition) is 0. The van der Waals surface area contributed by atoms with Crippen LogP contribution in [-0.4, -0.2) is 28.6 Å². The molecule has 0 bridgehead atoms. The van der Waals surface area contributed by atoms with E-state index in [9.17, 15) is 23.3 Å². The number of alkyl halides is 3. The van der Waals surface area contributed by atoms with Crippen molar-refractivity contribution in [3.63, 3.8) is 0 Å². The van der Waals surface area contributed by atoms with Gasteiger partial charge in [0.1, 0.15) is 0 Å². The van der Waals surface area contributed by atoms with E-state index >= 15 is 0 Å². The fourth-order valence-electron chi connectivity index (χ4n) is 2.00. The van der Waals surface area contributed by atoms with Crippen molar-refractivity contribution in [3.05, 3.63) is 38.9 Å². The highest BCUT2D eigenvalue weighted by Gasteiger charge is 2.38. The van der Waals surface area contributed by atoms with Crippen molar-refractivity contribution in [1.82, 2.24) is 4.90 Å². The fourth-order valence-corrected chi connectivity index (χ4v) is 2.18. The Hall–Kier alpha value is -1.34. The SMILES string of the molecule is O=[N+]([O-])c1ccc(Cl)c(CN(CC(F)(F)F)C2CC2)c1. The van der Waals surface area contributed by atoms with E-state index in [2.05, 4.69) is 0 Å². The van der Waals surface area contributed by atoms with Gasteiger partial charge in [0.05, 0.1) is 11.5 Å². The number of nitro groups is 1. The molecule has 20 heavy (non-hydrogen) atoms. The van der Waals surface area contributed by atoms with Crippen molar-refractivity contribution in [2.24, 2.45) is 0 Å². The highest BCUT2D eigenvalue weighted by molar-refractivity contribution is 6.31. The minimum absolute atomic E-state index is 0.0370. The van der Waals surface area contributed by atoms with Crippen molar-refractivity contribution in [2.45, 2.75) is 31.6 Å². The van der Waals surface area contributed by atoms with Crippen LogP contribution in [0.5, 0.6) is 0 Å². The predicted octanol–water partition coefficient (Wildman–Crippen LogP) is 3.77. The molecule has 0 radical (unpaired) electrons. The molecule has 1 aromatic rings. The maximum absolute atomic E-state index is 12.5. The molecule has 4 nitrogen and oxygen atoms in total. The quantitative estimate of drug-likeness (QED) is 0.614. The van der Waals surface area contributed by atoms with E-state index in [0.717, 1.165) is 0 Å². The molecule has 2 rings (SSSR count). The molecule has 0 saturated heterocycles. The van der Waals surface area contributed by atoms with Gasteiger partial charge in [0.2, 0.25) is 0 Å². The average molecular weight is 309 g/mol. The number of halogens is 4. The van der Waals surface area contributed by atoms with Crippen LogP contribution in [0.15, 0.2) is 18.2 Å². The van der Waals surface area contributed by atoms with Crippen molar-refractivity contribution < 1.29 is 18.1 Å². The van der Waals surface area contributed by atoms with E-state index in [0.29, 0.717) is 18.4 Å². The standard InChI is InChI=1S/C12H12ClF3N2O2/c13-11-4-3-10(18(19)20)5-8(11)6-17(9-1-2-9)7-12(14,15)16/h3-5,9H,1-2,6-7H2. The second-order valence-electron chi connectivity index (χ2n) is 4.78. The molecule has 1 aliphatic rings. The van der Waals surface area contributed by atoms with Gasteiger partial charge in [-0.05, 0) is 24.5 Å². The molecular formula is C12H12ClF3N2O2. The highest BCUT2D eigenvalue weighted by Crippen LogP contribution is 2.33. The van der Waals surface area contributed by atoms with Crippen LogP contribution in [0.1, 0.15) is 18.4 Å². The summed E-state index contributed by atoms with van der Waals surface area (Å²) in [7, 11) is 0. The van der Waals surface area contributed by atoms with Crippen LogP contribution in [0.2, 0.25) is 5.02 Å². The van der Waals surface area contributed by atoms with E-state index in [4.69, 9.17) is 11.6 Å². The Labute approximate surface area is 118 Å². The van der Waals surface area contributed by atoms with Gasteiger partial charge in [-0.1, -0.05) is 11.6 Å². The van der Waals surface area contributed by atoms with Crippen LogP contribution in [0, 0.1) is 10.1 Å². The molecule has 0 aliphatic heterocycles. The maximum atomic E-state index is 12.5. The minimum atomic E-state index is -4.30. The lowest BCUT2D eigenvalue weighted by Crippen LogP contribution is -2.35. The summed E-state index contributed by atoms with van der Waals surface area (Å²) in [6.07, 6.45) is -2.87. The summed E-state index contributed by atoms with van der Waals surface area (Å²) < 4.78 is 37.6. The number of nitrogens with zero attached hydrogens (tertiary/aromatic N) is 2. The molecular weight excluding hydrogens is 297 g/mol. The minimum Gasteiger partial charge on any atom is -0.288 e. The Balaban J connectivity index is 2.17. The zero-order chi connectivity index (χ0) is 14.9. The second-order valence-corrected chi connectivity index (χ2v) is 5.19. The smallest absolute Gasteiger partial charge is 0.288 e. The summed E-state index contributed by atoms with van der Waals surface area (Å²) >= 11 is 5.91. The van der Waals surface area contributed by atoms with Crippen LogP contribution in [0.25, 0.3) is 0 Å². The lowest BCUT2D eigenvalue weighted by atomic mass is 10.2. The first kappa shape index (κ1) is 15.1. The monoisotopic (exact) mass is 308 g/mol. The fraction of sp³-hybridized carbons (Fsp3) is 0.500. The molecule has 0 aromatic heterocycles. The van der Waals surface area contributed by atoms with Crippen LogP contribution in [0.3, 0.4) is 0 Å². The van der Waals surface area contributed by atoms with Gasteiger partial charge in [-0.2, -0.15) is 13.2 Å². The van der Waals surface area contributed by atoms with E-state index < -0.39 is 17.6 Å². The lowest BCUT2D eigenvalue weighted by Gasteiger charge is -2.23. The molecule has 8 heteroatoms. The Morgan fingerprint density at radius 1 is 1.40 bits per heavy atom. The van der Waals surface area contributed by atoms with Crippen molar-refractivity contribution in [2.75, 3.05) is 6.54 Å².